The van der Waals surface area contributed by atoms with E-state index in [-0.39, 0.29) is 6.61 Å². The number of aliphatic carboxylic acids is 1. The van der Waals surface area contributed by atoms with E-state index < -0.39 is 24.3 Å². The van der Waals surface area contributed by atoms with Gasteiger partial charge in [0.2, 0.25) is 5.88 Å². The molecule has 0 atom stereocenters. The van der Waals surface area contributed by atoms with E-state index in [2.05, 4.69) is 9.97 Å². The van der Waals surface area contributed by atoms with E-state index in [9.17, 15) is 18.0 Å². The van der Waals surface area contributed by atoms with Crippen molar-refractivity contribution in [1.82, 2.24) is 9.97 Å². The summed E-state index contributed by atoms with van der Waals surface area (Å²) in [7, 11) is 1.51. The molecule has 11 heteroatoms. The van der Waals surface area contributed by atoms with Crippen molar-refractivity contribution in [3.8, 4) is 39.8 Å². The van der Waals surface area contributed by atoms with Crippen LogP contribution in [-0.2, 0) is 17.6 Å². The number of methoxy groups -OCH3 is 1. The summed E-state index contributed by atoms with van der Waals surface area (Å²) < 4.78 is 55.1. The number of ether oxygens (including phenoxy) is 3. The van der Waals surface area contributed by atoms with E-state index in [1.165, 1.54) is 30.6 Å². The summed E-state index contributed by atoms with van der Waals surface area (Å²) in [5.41, 5.74) is 2.38. The van der Waals surface area contributed by atoms with Crippen molar-refractivity contribution < 1.29 is 37.3 Å². The number of hydrogen-bond donors (Lipinski definition) is 1. The number of carbonyl (C=O) groups is 1. The molecule has 0 bridgehead atoms. The predicted octanol–water partition coefficient (Wildman–Crippen LogP) is 6.25. The van der Waals surface area contributed by atoms with Crippen molar-refractivity contribution in [3.05, 3.63) is 76.2 Å². The van der Waals surface area contributed by atoms with Gasteiger partial charge in [-0.25, -0.2) is 14.8 Å². The van der Waals surface area contributed by atoms with Crippen molar-refractivity contribution in [1.29, 1.82) is 0 Å². The van der Waals surface area contributed by atoms with Gasteiger partial charge in [-0.05, 0) is 42.8 Å². The first kappa shape index (κ1) is 26.0. The Bertz CT molecular complexity index is 1390. The van der Waals surface area contributed by atoms with Crippen LogP contribution in [0.25, 0.3) is 22.4 Å². The number of carboxylic acids is 1. The molecule has 2 aromatic heterocycles. The highest BCUT2D eigenvalue weighted by atomic mass is 32.1. The van der Waals surface area contributed by atoms with Gasteiger partial charge in [0.1, 0.15) is 23.1 Å². The van der Waals surface area contributed by atoms with E-state index in [1.54, 1.807) is 42.8 Å². The number of benzene rings is 2. The lowest BCUT2D eigenvalue weighted by Crippen LogP contribution is -2.10. The maximum absolute atomic E-state index is 12.8. The minimum absolute atomic E-state index is 0.108. The molecular weight excluding hydrogens is 509 g/mol. The predicted molar refractivity (Wildman–Crippen MR) is 131 cm³/mol. The molecule has 192 valence electrons. The number of carboxylic acid groups (broad SMARTS) is 1. The van der Waals surface area contributed by atoms with Crippen LogP contribution in [0.15, 0.2) is 60.1 Å². The molecule has 0 saturated heterocycles. The first-order valence-corrected chi connectivity index (χ1v) is 11.8. The smallest absolute Gasteiger partial charge is 0.416 e. The van der Waals surface area contributed by atoms with Crippen LogP contribution in [0.1, 0.15) is 16.1 Å². The highest BCUT2D eigenvalue weighted by Crippen LogP contribution is 2.37. The van der Waals surface area contributed by atoms with Gasteiger partial charge in [0.05, 0.1) is 18.4 Å². The van der Waals surface area contributed by atoms with Crippen LogP contribution in [0.5, 0.6) is 17.4 Å². The Morgan fingerprint density at radius 1 is 1.03 bits per heavy atom. The normalized spacial score (nSPS) is 11.3. The van der Waals surface area contributed by atoms with Gasteiger partial charge in [0, 0.05) is 34.3 Å². The molecular formula is C26H21F3N2O5S. The largest absolute Gasteiger partial charge is 0.486 e. The second kappa shape index (κ2) is 10.9. The summed E-state index contributed by atoms with van der Waals surface area (Å²) in [6, 6.07) is 11.7. The third-order valence-corrected chi connectivity index (χ3v) is 6.12. The second-order valence-electron chi connectivity index (χ2n) is 7.88. The molecule has 0 aliphatic rings. The zero-order chi connectivity index (χ0) is 26.6. The van der Waals surface area contributed by atoms with Gasteiger partial charge in [0.25, 0.3) is 0 Å². The van der Waals surface area contributed by atoms with Gasteiger partial charge in [-0.15, -0.1) is 11.3 Å². The molecule has 7 nitrogen and oxygen atoms in total. The molecule has 0 radical (unpaired) electrons. The summed E-state index contributed by atoms with van der Waals surface area (Å²) >= 11 is 1.32. The summed E-state index contributed by atoms with van der Waals surface area (Å²) in [6.45, 7) is 1.38. The SMILES string of the molecule is COc1ccc(-c2cc(OCC(=O)O)c(C)cc2OCc2nc(-c3ccc(C(F)(F)F)cc3)cs2)cn1. The summed E-state index contributed by atoms with van der Waals surface area (Å²) in [5, 5.41) is 11.4. The van der Waals surface area contributed by atoms with E-state index in [0.29, 0.717) is 50.3 Å². The Hall–Kier alpha value is -4.12. The van der Waals surface area contributed by atoms with Gasteiger partial charge >= 0.3 is 12.1 Å². The Kier molecular flexibility index (Phi) is 7.63. The fourth-order valence-electron chi connectivity index (χ4n) is 3.44. The van der Waals surface area contributed by atoms with E-state index >= 15 is 0 Å². The first-order chi connectivity index (χ1) is 17.6. The molecule has 0 spiro atoms. The first-order valence-electron chi connectivity index (χ1n) is 10.9. The van der Waals surface area contributed by atoms with Crippen LogP contribution >= 0.6 is 11.3 Å². The Morgan fingerprint density at radius 3 is 2.38 bits per heavy atom. The van der Waals surface area contributed by atoms with Gasteiger partial charge in [0.15, 0.2) is 6.61 Å². The monoisotopic (exact) mass is 530 g/mol. The number of pyridine rings is 1. The lowest BCUT2D eigenvalue weighted by atomic mass is 10.0. The minimum atomic E-state index is -4.40. The number of hydrogen-bond acceptors (Lipinski definition) is 7. The lowest BCUT2D eigenvalue weighted by Gasteiger charge is -2.15. The van der Waals surface area contributed by atoms with E-state index in [1.807, 2.05) is 0 Å². The molecule has 2 heterocycles. The summed E-state index contributed by atoms with van der Waals surface area (Å²) in [6.07, 6.45) is -2.80. The summed E-state index contributed by atoms with van der Waals surface area (Å²) in [5.74, 6) is 0.220. The van der Waals surface area contributed by atoms with Crippen LogP contribution in [0.2, 0.25) is 0 Å². The number of rotatable bonds is 9. The molecule has 4 rings (SSSR count). The third-order valence-electron chi connectivity index (χ3n) is 5.30. The molecule has 0 aliphatic carbocycles. The fourth-order valence-corrected chi connectivity index (χ4v) is 4.16. The second-order valence-corrected chi connectivity index (χ2v) is 8.82. The number of nitrogens with zero attached hydrogens (tertiary/aromatic N) is 2. The molecule has 0 fully saturated rings. The van der Waals surface area contributed by atoms with E-state index in [0.717, 1.165) is 12.1 Å². The van der Waals surface area contributed by atoms with Crippen LogP contribution < -0.4 is 14.2 Å². The Balaban J connectivity index is 1.57. The highest BCUT2D eigenvalue weighted by molar-refractivity contribution is 7.09. The number of halogens is 3. The van der Waals surface area contributed by atoms with E-state index in [4.69, 9.17) is 19.3 Å². The average Bonchev–Trinajstić information content (AvgIpc) is 3.35. The van der Waals surface area contributed by atoms with Crippen molar-refractivity contribution in [2.45, 2.75) is 19.7 Å². The Morgan fingerprint density at radius 2 is 1.76 bits per heavy atom. The molecule has 1 N–H and O–H groups in total. The number of aromatic nitrogens is 2. The molecule has 37 heavy (non-hydrogen) atoms. The molecule has 4 aromatic rings. The molecule has 0 amide bonds. The van der Waals surface area contributed by atoms with Gasteiger partial charge in [-0.3, -0.25) is 0 Å². The van der Waals surface area contributed by atoms with Gasteiger partial charge in [-0.2, -0.15) is 13.2 Å². The number of thiazole rings is 1. The van der Waals surface area contributed by atoms with Crippen LogP contribution in [0.4, 0.5) is 13.2 Å². The third kappa shape index (κ3) is 6.36. The highest BCUT2D eigenvalue weighted by Gasteiger charge is 2.30. The number of alkyl halides is 3. The average molecular weight is 531 g/mol. The topological polar surface area (TPSA) is 90.8 Å². The lowest BCUT2D eigenvalue weighted by molar-refractivity contribution is -0.139. The van der Waals surface area contributed by atoms with Crippen LogP contribution in [-0.4, -0.2) is 34.8 Å². The maximum Gasteiger partial charge on any atom is 0.416 e. The van der Waals surface area contributed by atoms with Crippen molar-refractivity contribution in [3.63, 3.8) is 0 Å². The molecule has 2 aromatic carbocycles. The van der Waals surface area contributed by atoms with Gasteiger partial charge in [-0.1, -0.05) is 12.1 Å². The van der Waals surface area contributed by atoms with Crippen molar-refractivity contribution in [2.24, 2.45) is 0 Å². The fraction of sp³-hybridized carbons (Fsp3) is 0.192. The van der Waals surface area contributed by atoms with Gasteiger partial charge < -0.3 is 19.3 Å². The summed E-state index contributed by atoms with van der Waals surface area (Å²) in [4.78, 5) is 19.7. The Labute approximate surface area is 214 Å². The van der Waals surface area contributed by atoms with Crippen molar-refractivity contribution in [2.75, 3.05) is 13.7 Å². The van der Waals surface area contributed by atoms with Crippen molar-refractivity contribution >= 4 is 17.3 Å². The quantitative estimate of drug-likeness (QED) is 0.274. The molecule has 0 saturated carbocycles. The molecule has 0 unspecified atom stereocenters. The molecule has 0 aliphatic heterocycles. The number of aryl methyl sites for hydroxylation is 1. The zero-order valence-electron chi connectivity index (χ0n) is 19.7. The minimum Gasteiger partial charge on any atom is -0.486 e. The zero-order valence-corrected chi connectivity index (χ0v) is 20.5. The standard InChI is InChI=1S/C26H21F3N2O5S/c1-15-9-22(19(10-21(15)36-13-25(32)33)17-5-8-23(34-2)30-11-17)35-12-24-31-20(14-37-24)16-3-6-18(7-4-16)26(27,28)29/h3-11,14H,12-13H2,1-2H3,(H,32,33). The van der Waals surface area contributed by atoms with Crippen LogP contribution in [0, 0.1) is 6.92 Å². The van der Waals surface area contributed by atoms with Crippen LogP contribution in [0.3, 0.4) is 0 Å². The maximum atomic E-state index is 12.8.